The van der Waals surface area contributed by atoms with E-state index in [1.807, 2.05) is 43.7 Å². The predicted octanol–water partition coefficient (Wildman–Crippen LogP) is 7.43. The van der Waals surface area contributed by atoms with Gasteiger partial charge in [0.2, 0.25) is 12.7 Å². The van der Waals surface area contributed by atoms with Gasteiger partial charge in [-0.3, -0.25) is 9.48 Å². The Morgan fingerprint density at radius 3 is 2.68 bits per heavy atom. The Hall–Kier alpha value is -5.08. The van der Waals surface area contributed by atoms with Crippen LogP contribution in [0.2, 0.25) is 0 Å². The average molecular weight is 663 g/mol. The number of fused-ring (bicyclic) bond motifs is 3. The maximum atomic E-state index is 16.0. The number of aryl methyl sites for hydroxylation is 2. The first kappa shape index (κ1) is 30.6. The molecule has 9 nitrogen and oxygen atoms in total. The van der Waals surface area contributed by atoms with E-state index < -0.39 is 30.0 Å². The SMILES string of the molecule is C=CC(=O)N1Cc2cc(-c3nc(-c4ccc5c(c4)nc(C)n5C)c4scc(F)c4c3-c3c(F)cc(F)cc3OCOF)nn2[C@@H](C)C1. The number of hydrogen-bond donors (Lipinski definition) is 0. The molecule has 0 radical (unpaired) electrons. The molecule has 0 unspecified atom stereocenters. The third-order valence-electron chi connectivity index (χ3n) is 8.37. The van der Waals surface area contributed by atoms with E-state index in [1.165, 1.54) is 11.5 Å². The van der Waals surface area contributed by atoms with Gasteiger partial charge < -0.3 is 14.2 Å². The summed E-state index contributed by atoms with van der Waals surface area (Å²) in [5.41, 5.74) is 3.14. The van der Waals surface area contributed by atoms with Crippen molar-refractivity contribution in [2.75, 3.05) is 13.3 Å². The van der Waals surface area contributed by atoms with Crippen LogP contribution in [0.5, 0.6) is 5.75 Å². The predicted molar refractivity (Wildman–Crippen MR) is 169 cm³/mol. The molecule has 1 aliphatic rings. The van der Waals surface area contributed by atoms with E-state index >= 15 is 8.78 Å². The maximum Gasteiger partial charge on any atom is 0.246 e. The lowest BCUT2D eigenvalue weighted by molar-refractivity contribution is -0.183. The lowest BCUT2D eigenvalue weighted by atomic mass is 9.95. The number of nitrogens with zero attached hydrogens (tertiary/aromatic N) is 6. The molecule has 0 saturated carbocycles. The van der Waals surface area contributed by atoms with E-state index in [2.05, 4.69) is 16.5 Å². The zero-order valence-electron chi connectivity index (χ0n) is 25.4. The second-order valence-electron chi connectivity index (χ2n) is 11.3. The summed E-state index contributed by atoms with van der Waals surface area (Å²) in [6, 6.07) is 8.51. The van der Waals surface area contributed by atoms with Crippen LogP contribution in [0.15, 0.2) is 54.4 Å². The van der Waals surface area contributed by atoms with E-state index in [4.69, 9.17) is 14.8 Å². The number of halogens is 4. The first-order valence-electron chi connectivity index (χ1n) is 14.5. The number of amides is 1. The third-order valence-corrected chi connectivity index (χ3v) is 9.33. The molecule has 4 aromatic heterocycles. The summed E-state index contributed by atoms with van der Waals surface area (Å²) in [7, 11) is 1.90. The van der Waals surface area contributed by atoms with Crippen molar-refractivity contribution < 1.29 is 32.2 Å². The Bertz CT molecular complexity index is 2240. The van der Waals surface area contributed by atoms with Gasteiger partial charge >= 0.3 is 0 Å². The smallest absolute Gasteiger partial charge is 0.246 e. The zero-order valence-corrected chi connectivity index (χ0v) is 26.2. The maximum absolute atomic E-state index is 16.0. The van der Waals surface area contributed by atoms with E-state index in [9.17, 15) is 13.7 Å². The highest BCUT2D eigenvalue weighted by atomic mass is 32.1. The van der Waals surface area contributed by atoms with Crippen LogP contribution >= 0.6 is 11.3 Å². The average Bonchev–Trinajstić information content (AvgIpc) is 3.74. The summed E-state index contributed by atoms with van der Waals surface area (Å²) < 4.78 is 68.5. The van der Waals surface area contributed by atoms with Gasteiger partial charge in [0.1, 0.15) is 40.4 Å². The van der Waals surface area contributed by atoms with Crippen molar-refractivity contribution in [2.24, 2.45) is 7.05 Å². The van der Waals surface area contributed by atoms with Crippen LogP contribution in [0, 0.1) is 24.4 Å². The largest absolute Gasteiger partial charge is 0.463 e. The number of hydrogen-bond acceptors (Lipinski definition) is 7. The van der Waals surface area contributed by atoms with Gasteiger partial charge in [0.25, 0.3) is 0 Å². The fraction of sp³-hybridized carbons (Fsp3) is 0.212. The number of thiophene rings is 1. The summed E-state index contributed by atoms with van der Waals surface area (Å²) >= 11 is 1.06. The number of aromatic nitrogens is 5. The molecule has 0 saturated heterocycles. The minimum atomic E-state index is -1.09. The molecule has 14 heteroatoms. The van der Waals surface area contributed by atoms with E-state index in [1.54, 1.807) is 15.6 Å². The Balaban J connectivity index is 1.55. The quantitative estimate of drug-likeness (QED) is 0.100. The number of carbonyl (C=O) groups excluding carboxylic acids is 1. The van der Waals surface area contributed by atoms with Gasteiger partial charge in [0, 0.05) is 47.6 Å². The fourth-order valence-electron chi connectivity index (χ4n) is 6.17. The summed E-state index contributed by atoms with van der Waals surface area (Å²) in [5, 5.41) is 6.07. The molecular formula is C33H26F4N6O3S. The number of carbonyl (C=O) groups is 1. The highest BCUT2D eigenvalue weighted by Crippen LogP contribution is 2.48. The topological polar surface area (TPSA) is 87.3 Å². The van der Waals surface area contributed by atoms with Crippen molar-refractivity contribution in [1.29, 1.82) is 0 Å². The normalized spacial score (nSPS) is 14.6. The van der Waals surface area contributed by atoms with Crippen LogP contribution in [0.25, 0.3) is 54.9 Å². The van der Waals surface area contributed by atoms with Crippen molar-refractivity contribution in [3.05, 3.63) is 83.4 Å². The Labute approximate surface area is 269 Å². The standard InChI is InChI=1S/C33H26F4N6O3S/c1-5-27(44)42-12-16(2)43-20(13-42)11-24(40-43)32-30(28-21(35)9-19(34)10-26(28)45-15-46-37)29-22(36)14-47-33(29)31(39-32)18-6-7-25-23(8-18)38-17(3)41(25)4/h5-11,14,16H,1,12-13,15H2,2-4H3/t16-/m0/s1. The van der Waals surface area contributed by atoms with E-state index in [-0.39, 0.29) is 46.4 Å². The van der Waals surface area contributed by atoms with Crippen LogP contribution in [0.1, 0.15) is 24.5 Å². The molecule has 0 fully saturated rings. The number of imidazole rings is 1. The van der Waals surface area contributed by atoms with Crippen molar-refractivity contribution in [3.8, 4) is 39.5 Å². The fourth-order valence-corrected chi connectivity index (χ4v) is 7.10. The third kappa shape index (κ3) is 5.04. The Morgan fingerprint density at radius 2 is 1.91 bits per heavy atom. The van der Waals surface area contributed by atoms with Crippen molar-refractivity contribution >= 4 is 38.4 Å². The van der Waals surface area contributed by atoms with Gasteiger partial charge in [-0.25, -0.2) is 23.1 Å². The Morgan fingerprint density at radius 1 is 1.11 bits per heavy atom. The second kappa shape index (κ2) is 11.6. The summed E-state index contributed by atoms with van der Waals surface area (Å²) in [6.45, 7) is 6.95. The number of benzene rings is 2. The van der Waals surface area contributed by atoms with Crippen LogP contribution in [-0.2, 0) is 23.3 Å². The summed E-state index contributed by atoms with van der Waals surface area (Å²) in [4.78, 5) is 27.3. The Kier molecular flexibility index (Phi) is 7.56. The second-order valence-corrected chi connectivity index (χ2v) is 12.1. The van der Waals surface area contributed by atoms with Gasteiger partial charge in [-0.15, -0.1) is 11.3 Å². The molecule has 6 aromatic rings. The van der Waals surface area contributed by atoms with Crippen LogP contribution in [0.3, 0.4) is 0 Å². The number of ether oxygens (including phenoxy) is 1. The molecule has 0 bridgehead atoms. The van der Waals surface area contributed by atoms with Gasteiger partial charge in [0.15, 0.2) is 0 Å². The highest BCUT2D eigenvalue weighted by molar-refractivity contribution is 7.17. The summed E-state index contributed by atoms with van der Waals surface area (Å²) in [6.07, 6.45) is 1.23. The van der Waals surface area contributed by atoms with E-state index in [0.29, 0.717) is 39.8 Å². The van der Waals surface area contributed by atoms with Gasteiger partial charge in [-0.1, -0.05) is 12.6 Å². The van der Waals surface area contributed by atoms with Gasteiger partial charge in [-0.05, 0) is 42.6 Å². The van der Waals surface area contributed by atoms with Gasteiger partial charge in [0.05, 0.1) is 45.3 Å². The molecule has 5 heterocycles. The molecule has 2 aromatic carbocycles. The molecule has 240 valence electrons. The molecule has 0 N–H and O–H groups in total. The van der Waals surface area contributed by atoms with Crippen LogP contribution in [-0.4, -0.2) is 48.5 Å². The number of rotatable bonds is 7. The van der Waals surface area contributed by atoms with Crippen LogP contribution < -0.4 is 4.74 Å². The molecule has 1 aliphatic heterocycles. The lowest BCUT2D eigenvalue weighted by Gasteiger charge is -2.31. The van der Waals surface area contributed by atoms with E-state index in [0.717, 1.165) is 28.7 Å². The lowest BCUT2D eigenvalue weighted by Crippen LogP contribution is -2.39. The molecule has 1 atom stereocenters. The first-order chi connectivity index (χ1) is 22.6. The van der Waals surface area contributed by atoms with Gasteiger partial charge in [-0.2, -0.15) is 10.0 Å². The number of pyridine rings is 1. The molecule has 47 heavy (non-hydrogen) atoms. The highest BCUT2D eigenvalue weighted by Gasteiger charge is 2.31. The van der Waals surface area contributed by atoms with Crippen molar-refractivity contribution in [3.63, 3.8) is 0 Å². The van der Waals surface area contributed by atoms with Crippen molar-refractivity contribution in [1.82, 2.24) is 29.2 Å². The molecule has 7 rings (SSSR count). The molecule has 0 aliphatic carbocycles. The minimum Gasteiger partial charge on any atom is -0.463 e. The monoisotopic (exact) mass is 662 g/mol. The zero-order chi connectivity index (χ0) is 33.1. The van der Waals surface area contributed by atoms with Crippen LogP contribution in [0.4, 0.5) is 17.7 Å². The first-order valence-corrected chi connectivity index (χ1v) is 15.4. The molecule has 1 amide bonds. The summed E-state index contributed by atoms with van der Waals surface area (Å²) in [5.74, 6) is -2.65. The molecule has 0 spiro atoms. The molecular weight excluding hydrogens is 636 g/mol. The van der Waals surface area contributed by atoms with Crippen molar-refractivity contribution in [2.45, 2.75) is 26.4 Å². The minimum absolute atomic E-state index is 0.00805.